The van der Waals surface area contributed by atoms with Crippen molar-refractivity contribution >= 4 is 0 Å². The number of rotatable bonds is 13. The Morgan fingerprint density at radius 3 is 2.37 bits per heavy atom. The summed E-state index contributed by atoms with van der Waals surface area (Å²) >= 11 is 0. The summed E-state index contributed by atoms with van der Waals surface area (Å²) in [5.41, 5.74) is 5.57. The second-order valence-electron chi connectivity index (χ2n) is 5.32. The van der Waals surface area contributed by atoms with Gasteiger partial charge in [-0.25, -0.2) is 0 Å². The van der Waals surface area contributed by atoms with E-state index < -0.39 is 0 Å². The Balaban J connectivity index is 3.81. The number of nitrogens with zero attached hydrogens (tertiary/aromatic N) is 1. The molecule has 4 nitrogen and oxygen atoms in total. The van der Waals surface area contributed by atoms with Crippen molar-refractivity contribution in [3.63, 3.8) is 0 Å². The van der Waals surface area contributed by atoms with Crippen molar-refractivity contribution in [3.05, 3.63) is 0 Å². The van der Waals surface area contributed by atoms with Crippen LogP contribution in [0.5, 0.6) is 0 Å². The zero-order chi connectivity index (χ0) is 14.5. The average Bonchev–Trinajstić information content (AvgIpc) is 2.41. The molecule has 19 heavy (non-hydrogen) atoms. The minimum absolute atomic E-state index is 0.442. The summed E-state index contributed by atoms with van der Waals surface area (Å²) < 4.78 is 5.27. The molecule has 0 aromatic carbocycles. The number of methoxy groups -OCH3 is 1. The van der Waals surface area contributed by atoms with E-state index in [2.05, 4.69) is 31.0 Å². The third-order valence-electron chi connectivity index (χ3n) is 3.65. The molecular formula is C15H35N3O. The molecule has 0 heterocycles. The monoisotopic (exact) mass is 273 g/mol. The molecule has 3 N–H and O–H groups in total. The lowest BCUT2D eigenvalue weighted by Gasteiger charge is -2.24. The number of ether oxygens (including phenoxy) is 1. The van der Waals surface area contributed by atoms with E-state index in [1.165, 1.54) is 19.4 Å². The van der Waals surface area contributed by atoms with Gasteiger partial charge < -0.3 is 20.7 Å². The van der Waals surface area contributed by atoms with Crippen LogP contribution in [0.3, 0.4) is 0 Å². The molecule has 0 saturated heterocycles. The van der Waals surface area contributed by atoms with E-state index in [0.29, 0.717) is 12.1 Å². The first-order valence-electron chi connectivity index (χ1n) is 7.85. The van der Waals surface area contributed by atoms with E-state index in [-0.39, 0.29) is 0 Å². The Labute approximate surface area is 120 Å². The SMILES string of the molecule is CCN(CC)CCCC(C)NC(CCCN)COC. The molecule has 2 unspecified atom stereocenters. The Kier molecular flexibility index (Phi) is 12.7. The van der Waals surface area contributed by atoms with Crippen molar-refractivity contribution in [1.29, 1.82) is 0 Å². The van der Waals surface area contributed by atoms with Gasteiger partial charge >= 0.3 is 0 Å². The highest BCUT2D eigenvalue weighted by molar-refractivity contribution is 4.72. The molecule has 0 radical (unpaired) electrons. The zero-order valence-electron chi connectivity index (χ0n) is 13.5. The lowest BCUT2D eigenvalue weighted by molar-refractivity contribution is 0.155. The highest BCUT2D eigenvalue weighted by Gasteiger charge is 2.11. The quantitative estimate of drug-likeness (QED) is 0.538. The smallest absolute Gasteiger partial charge is 0.0615 e. The van der Waals surface area contributed by atoms with Gasteiger partial charge in [0.1, 0.15) is 0 Å². The molecule has 0 amide bonds. The lowest BCUT2D eigenvalue weighted by atomic mass is 10.1. The number of hydrogen-bond donors (Lipinski definition) is 2. The fourth-order valence-electron chi connectivity index (χ4n) is 2.43. The highest BCUT2D eigenvalue weighted by Crippen LogP contribution is 2.04. The van der Waals surface area contributed by atoms with Crippen LogP contribution in [0.1, 0.15) is 46.5 Å². The van der Waals surface area contributed by atoms with Gasteiger partial charge in [0.2, 0.25) is 0 Å². The maximum atomic E-state index is 5.57. The third kappa shape index (κ3) is 10.3. The van der Waals surface area contributed by atoms with Gasteiger partial charge in [-0.15, -0.1) is 0 Å². The van der Waals surface area contributed by atoms with Gasteiger partial charge in [0.05, 0.1) is 6.61 Å². The van der Waals surface area contributed by atoms with E-state index >= 15 is 0 Å². The molecule has 0 rings (SSSR count). The normalized spacial score (nSPS) is 14.8. The molecule has 0 fully saturated rings. The predicted octanol–water partition coefficient (Wildman–Crippen LogP) is 1.84. The summed E-state index contributed by atoms with van der Waals surface area (Å²) in [7, 11) is 1.77. The zero-order valence-corrected chi connectivity index (χ0v) is 13.5. The molecule has 0 saturated carbocycles. The molecule has 0 spiro atoms. The van der Waals surface area contributed by atoms with Crippen molar-refractivity contribution in [2.45, 2.75) is 58.5 Å². The van der Waals surface area contributed by atoms with E-state index in [0.717, 1.165) is 39.1 Å². The van der Waals surface area contributed by atoms with E-state index in [1.807, 2.05) is 0 Å². The van der Waals surface area contributed by atoms with Crippen molar-refractivity contribution in [2.24, 2.45) is 5.73 Å². The molecule has 2 atom stereocenters. The van der Waals surface area contributed by atoms with E-state index in [1.54, 1.807) is 7.11 Å². The van der Waals surface area contributed by atoms with Crippen LogP contribution >= 0.6 is 0 Å². The summed E-state index contributed by atoms with van der Waals surface area (Å²) in [6, 6.07) is 0.991. The fourth-order valence-corrected chi connectivity index (χ4v) is 2.43. The second-order valence-corrected chi connectivity index (χ2v) is 5.32. The van der Waals surface area contributed by atoms with Crippen LogP contribution in [-0.2, 0) is 4.74 Å². The van der Waals surface area contributed by atoms with Crippen molar-refractivity contribution < 1.29 is 4.74 Å². The molecule has 4 heteroatoms. The number of hydrogen-bond acceptors (Lipinski definition) is 4. The Morgan fingerprint density at radius 2 is 1.84 bits per heavy atom. The first kappa shape index (κ1) is 18.8. The summed E-state index contributed by atoms with van der Waals surface area (Å²) in [6.07, 6.45) is 4.64. The summed E-state index contributed by atoms with van der Waals surface area (Å²) in [5, 5.41) is 3.66. The maximum Gasteiger partial charge on any atom is 0.0615 e. The van der Waals surface area contributed by atoms with Crippen LogP contribution in [0.4, 0.5) is 0 Å². The van der Waals surface area contributed by atoms with Gasteiger partial charge in [-0.3, -0.25) is 0 Å². The second kappa shape index (κ2) is 12.9. The van der Waals surface area contributed by atoms with Gasteiger partial charge in [-0.1, -0.05) is 13.8 Å². The molecule has 0 aliphatic carbocycles. The van der Waals surface area contributed by atoms with Crippen LogP contribution in [0.25, 0.3) is 0 Å². The minimum Gasteiger partial charge on any atom is -0.383 e. The molecule has 0 bridgehead atoms. The highest BCUT2D eigenvalue weighted by atomic mass is 16.5. The van der Waals surface area contributed by atoms with E-state index in [9.17, 15) is 0 Å². The number of nitrogens with two attached hydrogens (primary N) is 1. The van der Waals surface area contributed by atoms with Gasteiger partial charge in [-0.2, -0.15) is 0 Å². The average molecular weight is 273 g/mol. The van der Waals surface area contributed by atoms with E-state index in [4.69, 9.17) is 10.5 Å². The molecule has 0 aliphatic heterocycles. The molecule has 0 aliphatic rings. The summed E-state index contributed by atoms with van der Waals surface area (Å²) in [6.45, 7) is 11.8. The predicted molar refractivity (Wildman–Crippen MR) is 83.6 cm³/mol. The topological polar surface area (TPSA) is 50.5 Å². The van der Waals surface area contributed by atoms with Crippen molar-refractivity contribution in [1.82, 2.24) is 10.2 Å². The van der Waals surface area contributed by atoms with Crippen LogP contribution in [0.2, 0.25) is 0 Å². The fraction of sp³-hybridized carbons (Fsp3) is 1.00. The van der Waals surface area contributed by atoms with Crippen molar-refractivity contribution in [3.8, 4) is 0 Å². The first-order chi connectivity index (χ1) is 9.17. The van der Waals surface area contributed by atoms with Crippen molar-refractivity contribution in [2.75, 3.05) is 39.9 Å². The lowest BCUT2D eigenvalue weighted by Crippen LogP contribution is -2.40. The van der Waals surface area contributed by atoms with Gasteiger partial charge in [0.15, 0.2) is 0 Å². The maximum absolute atomic E-state index is 5.57. The Morgan fingerprint density at radius 1 is 1.16 bits per heavy atom. The number of nitrogens with one attached hydrogen (secondary N) is 1. The van der Waals surface area contributed by atoms with Gasteiger partial charge in [-0.05, 0) is 58.8 Å². The van der Waals surface area contributed by atoms with Crippen LogP contribution < -0.4 is 11.1 Å². The first-order valence-corrected chi connectivity index (χ1v) is 7.85. The standard InChI is InChI=1S/C15H35N3O/c1-5-18(6-2)12-8-9-14(3)17-15(13-19-4)10-7-11-16/h14-15,17H,5-13,16H2,1-4H3. The van der Waals surface area contributed by atoms with Gasteiger partial charge in [0, 0.05) is 19.2 Å². The largest absolute Gasteiger partial charge is 0.383 e. The van der Waals surface area contributed by atoms with Crippen LogP contribution in [-0.4, -0.2) is 56.9 Å². The molecular weight excluding hydrogens is 238 g/mol. The summed E-state index contributed by atoms with van der Waals surface area (Å²) in [5.74, 6) is 0. The molecule has 0 aromatic heterocycles. The molecule has 0 aromatic rings. The minimum atomic E-state index is 0.442. The Bertz CT molecular complexity index is 186. The third-order valence-corrected chi connectivity index (χ3v) is 3.65. The summed E-state index contributed by atoms with van der Waals surface area (Å²) in [4.78, 5) is 2.48. The van der Waals surface area contributed by atoms with Gasteiger partial charge in [0.25, 0.3) is 0 Å². The van der Waals surface area contributed by atoms with Crippen LogP contribution in [0.15, 0.2) is 0 Å². The molecule has 116 valence electrons. The van der Waals surface area contributed by atoms with Crippen LogP contribution in [0, 0.1) is 0 Å². The Hall–Kier alpha value is -0.160.